The van der Waals surface area contributed by atoms with E-state index >= 15 is 0 Å². The van der Waals surface area contributed by atoms with Crippen LogP contribution in [0.15, 0.2) is 18.2 Å². The molecule has 1 aromatic rings. The number of nitrogens with two attached hydrogens (primary N) is 1. The maximum absolute atomic E-state index is 13.9. The number of rotatable bonds is 5. The zero-order chi connectivity index (χ0) is 14.7. The third kappa shape index (κ3) is 3.18. The Balaban J connectivity index is 1.96. The Morgan fingerprint density at radius 2 is 2.20 bits per heavy atom. The standard InChI is InChI=1S/C16H23FN2O/c1-3-11-6-7-15(10(11)2)19-9-13-5-4-12(16(18)20)8-14(13)17/h4-5,8,10-11,15,19H,3,6-7,9H2,1-2H3,(H2,18,20). The minimum absolute atomic E-state index is 0.214. The van der Waals surface area contributed by atoms with Crippen molar-refractivity contribution in [2.75, 3.05) is 0 Å². The molecule has 0 saturated heterocycles. The second kappa shape index (κ2) is 6.35. The van der Waals surface area contributed by atoms with Crippen molar-refractivity contribution in [3.63, 3.8) is 0 Å². The van der Waals surface area contributed by atoms with E-state index in [1.807, 2.05) is 0 Å². The number of amides is 1. The molecular weight excluding hydrogens is 255 g/mol. The summed E-state index contributed by atoms with van der Waals surface area (Å²) in [6.45, 7) is 4.99. The van der Waals surface area contributed by atoms with Gasteiger partial charge in [-0.1, -0.05) is 26.3 Å². The van der Waals surface area contributed by atoms with E-state index in [9.17, 15) is 9.18 Å². The summed E-state index contributed by atoms with van der Waals surface area (Å²) in [5.74, 6) is 0.438. The summed E-state index contributed by atoms with van der Waals surface area (Å²) >= 11 is 0. The molecule has 3 atom stereocenters. The first-order chi connectivity index (χ1) is 9.52. The highest BCUT2D eigenvalue weighted by Gasteiger charge is 2.31. The number of benzene rings is 1. The molecular formula is C16H23FN2O. The van der Waals surface area contributed by atoms with E-state index in [-0.39, 0.29) is 11.4 Å². The van der Waals surface area contributed by atoms with Gasteiger partial charge in [0, 0.05) is 23.7 Å². The summed E-state index contributed by atoms with van der Waals surface area (Å²) < 4.78 is 13.9. The third-order valence-corrected chi connectivity index (χ3v) is 4.64. The van der Waals surface area contributed by atoms with Crippen LogP contribution in [0.1, 0.15) is 49.0 Å². The maximum Gasteiger partial charge on any atom is 0.248 e. The van der Waals surface area contributed by atoms with Crippen LogP contribution in [-0.2, 0) is 6.54 Å². The van der Waals surface area contributed by atoms with Crippen LogP contribution >= 0.6 is 0 Å². The number of halogens is 1. The van der Waals surface area contributed by atoms with Crippen molar-refractivity contribution in [1.82, 2.24) is 5.32 Å². The Bertz CT molecular complexity index is 489. The van der Waals surface area contributed by atoms with Crippen LogP contribution in [0.25, 0.3) is 0 Å². The smallest absolute Gasteiger partial charge is 0.248 e. The molecule has 0 aromatic heterocycles. The normalized spacial score (nSPS) is 25.9. The zero-order valence-corrected chi connectivity index (χ0v) is 12.2. The van der Waals surface area contributed by atoms with Crippen LogP contribution in [0.5, 0.6) is 0 Å². The van der Waals surface area contributed by atoms with E-state index in [1.165, 1.54) is 18.9 Å². The average Bonchev–Trinajstić information content (AvgIpc) is 2.77. The lowest BCUT2D eigenvalue weighted by Gasteiger charge is -2.21. The molecule has 1 fully saturated rings. The van der Waals surface area contributed by atoms with Crippen LogP contribution < -0.4 is 11.1 Å². The predicted molar refractivity (Wildman–Crippen MR) is 77.7 cm³/mol. The Labute approximate surface area is 119 Å². The van der Waals surface area contributed by atoms with Crippen LogP contribution in [0.3, 0.4) is 0 Å². The van der Waals surface area contributed by atoms with Gasteiger partial charge in [-0.3, -0.25) is 4.79 Å². The van der Waals surface area contributed by atoms with E-state index < -0.39 is 5.91 Å². The van der Waals surface area contributed by atoms with E-state index in [1.54, 1.807) is 12.1 Å². The first-order valence-electron chi connectivity index (χ1n) is 7.34. The van der Waals surface area contributed by atoms with Gasteiger partial charge in [-0.05, 0) is 36.8 Å². The molecule has 3 unspecified atom stereocenters. The molecule has 4 heteroatoms. The summed E-state index contributed by atoms with van der Waals surface area (Å²) in [5.41, 5.74) is 5.93. The minimum atomic E-state index is -0.599. The van der Waals surface area contributed by atoms with Gasteiger partial charge in [-0.15, -0.1) is 0 Å². The first kappa shape index (κ1) is 15.0. The van der Waals surface area contributed by atoms with Gasteiger partial charge in [-0.25, -0.2) is 4.39 Å². The molecule has 0 heterocycles. The lowest BCUT2D eigenvalue weighted by atomic mass is 9.93. The molecule has 1 saturated carbocycles. The Hall–Kier alpha value is -1.42. The number of nitrogens with one attached hydrogen (secondary N) is 1. The van der Waals surface area contributed by atoms with Gasteiger partial charge in [0.2, 0.25) is 5.91 Å². The predicted octanol–water partition coefficient (Wildman–Crippen LogP) is 2.84. The Morgan fingerprint density at radius 3 is 2.75 bits per heavy atom. The molecule has 1 aromatic carbocycles. The maximum atomic E-state index is 13.9. The minimum Gasteiger partial charge on any atom is -0.366 e. The lowest BCUT2D eigenvalue weighted by Crippen LogP contribution is -2.32. The van der Waals surface area contributed by atoms with E-state index in [0.717, 1.165) is 12.3 Å². The summed E-state index contributed by atoms with van der Waals surface area (Å²) in [6, 6.07) is 4.89. The van der Waals surface area contributed by atoms with Gasteiger partial charge in [0.15, 0.2) is 0 Å². The monoisotopic (exact) mass is 278 g/mol. The highest BCUT2D eigenvalue weighted by Crippen LogP contribution is 2.34. The second-order valence-corrected chi connectivity index (χ2v) is 5.76. The van der Waals surface area contributed by atoms with Crippen LogP contribution in [-0.4, -0.2) is 11.9 Å². The third-order valence-electron chi connectivity index (χ3n) is 4.64. The highest BCUT2D eigenvalue weighted by atomic mass is 19.1. The van der Waals surface area contributed by atoms with Crippen LogP contribution in [0.4, 0.5) is 4.39 Å². The SMILES string of the molecule is CCC1CCC(NCc2ccc(C(N)=O)cc2F)C1C. The molecule has 1 aliphatic carbocycles. The van der Waals surface area contributed by atoms with Gasteiger partial charge in [0.1, 0.15) is 5.82 Å². The molecule has 0 spiro atoms. The largest absolute Gasteiger partial charge is 0.366 e. The van der Waals surface area contributed by atoms with Crippen LogP contribution in [0, 0.1) is 17.7 Å². The molecule has 0 bridgehead atoms. The van der Waals surface area contributed by atoms with Crippen molar-refractivity contribution in [2.45, 2.75) is 45.7 Å². The van der Waals surface area contributed by atoms with Gasteiger partial charge < -0.3 is 11.1 Å². The lowest BCUT2D eigenvalue weighted by molar-refractivity contribution is 0.1000. The molecule has 0 radical (unpaired) electrons. The number of hydrogen-bond acceptors (Lipinski definition) is 2. The van der Waals surface area contributed by atoms with Crippen molar-refractivity contribution < 1.29 is 9.18 Å². The number of carbonyl (C=O) groups excluding carboxylic acids is 1. The number of hydrogen-bond donors (Lipinski definition) is 2. The van der Waals surface area contributed by atoms with Crippen molar-refractivity contribution in [3.05, 3.63) is 35.1 Å². The van der Waals surface area contributed by atoms with Crippen molar-refractivity contribution in [2.24, 2.45) is 17.6 Å². The fraction of sp³-hybridized carbons (Fsp3) is 0.562. The number of primary amides is 1. The van der Waals surface area contributed by atoms with Crippen LogP contribution in [0.2, 0.25) is 0 Å². The molecule has 2 rings (SSSR count). The van der Waals surface area contributed by atoms with E-state index in [0.29, 0.717) is 24.1 Å². The molecule has 0 aliphatic heterocycles. The molecule has 110 valence electrons. The summed E-state index contributed by atoms with van der Waals surface area (Å²) in [4.78, 5) is 11.0. The fourth-order valence-electron chi connectivity index (χ4n) is 3.20. The Morgan fingerprint density at radius 1 is 1.45 bits per heavy atom. The second-order valence-electron chi connectivity index (χ2n) is 5.76. The van der Waals surface area contributed by atoms with Gasteiger partial charge >= 0.3 is 0 Å². The summed E-state index contributed by atoms with van der Waals surface area (Å²) in [7, 11) is 0. The topological polar surface area (TPSA) is 55.1 Å². The van der Waals surface area contributed by atoms with Gasteiger partial charge in [0.25, 0.3) is 0 Å². The van der Waals surface area contributed by atoms with Crippen molar-refractivity contribution >= 4 is 5.91 Å². The molecule has 3 nitrogen and oxygen atoms in total. The van der Waals surface area contributed by atoms with E-state index in [2.05, 4.69) is 19.2 Å². The summed E-state index contributed by atoms with van der Waals surface area (Å²) in [6.07, 6.45) is 3.61. The van der Waals surface area contributed by atoms with Gasteiger partial charge in [-0.2, -0.15) is 0 Å². The fourth-order valence-corrected chi connectivity index (χ4v) is 3.20. The van der Waals surface area contributed by atoms with E-state index in [4.69, 9.17) is 5.73 Å². The highest BCUT2D eigenvalue weighted by molar-refractivity contribution is 5.92. The van der Waals surface area contributed by atoms with Crippen molar-refractivity contribution in [3.8, 4) is 0 Å². The molecule has 1 aliphatic rings. The zero-order valence-electron chi connectivity index (χ0n) is 12.2. The average molecular weight is 278 g/mol. The van der Waals surface area contributed by atoms with Crippen molar-refractivity contribution in [1.29, 1.82) is 0 Å². The number of carbonyl (C=O) groups is 1. The first-order valence-corrected chi connectivity index (χ1v) is 7.34. The molecule has 1 amide bonds. The molecule has 3 N–H and O–H groups in total. The quantitative estimate of drug-likeness (QED) is 0.870. The Kier molecular flexibility index (Phi) is 4.76. The summed E-state index contributed by atoms with van der Waals surface area (Å²) in [5, 5.41) is 3.45. The van der Waals surface area contributed by atoms with Gasteiger partial charge in [0.05, 0.1) is 0 Å². The molecule has 20 heavy (non-hydrogen) atoms.